The second-order valence-electron chi connectivity index (χ2n) is 8.21. The maximum absolute atomic E-state index is 12.8. The summed E-state index contributed by atoms with van der Waals surface area (Å²) in [7, 11) is 1.67. The first-order valence-electron chi connectivity index (χ1n) is 11.1. The predicted octanol–water partition coefficient (Wildman–Crippen LogP) is 2.86. The maximum atomic E-state index is 12.8. The Labute approximate surface area is 188 Å². The lowest BCUT2D eigenvalue weighted by molar-refractivity contribution is -0.125. The number of aryl methyl sites for hydroxylation is 2. The standard InChI is InChI=1S/C24H30N6O2/c1-17-13-18(2)30(28-17)23-14-22(26-16-27-23)29-12-6-8-20(15-29)24(31)25-11-10-19-7-4-5-9-21(19)32-3/h4-5,7,9,13-14,16,20H,6,8,10-12,15H2,1-3H3,(H,25,31). The number of rotatable bonds is 7. The van der Waals surface area contributed by atoms with E-state index in [1.807, 2.05) is 54.9 Å². The van der Waals surface area contributed by atoms with E-state index in [1.54, 1.807) is 13.4 Å². The molecule has 0 aliphatic carbocycles. The van der Waals surface area contributed by atoms with Crippen LogP contribution >= 0.6 is 0 Å². The molecule has 4 rings (SSSR count). The van der Waals surface area contributed by atoms with Crippen LogP contribution in [0.3, 0.4) is 0 Å². The van der Waals surface area contributed by atoms with Gasteiger partial charge in [-0.15, -0.1) is 0 Å². The fourth-order valence-electron chi connectivity index (χ4n) is 4.26. The summed E-state index contributed by atoms with van der Waals surface area (Å²) in [4.78, 5) is 23.9. The molecule has 1 aliphatic rings. The van der Waals surface area contributed by atoms with Crippen LogP contribution in [0.5, 0.6) is 5.75 Å². The summed E-state index contributed by atoms with van der Waals surface area (Å²) in [5, 5.41) is 7.62. The highest BCUT2D eigenvalue weighted by atomic mass is 16.5. The summed E-state index contributed by atoms with van der Waals surface area (Å²) in [5.74, 6) is 2.46. The number of hydrogen-bond donors (Lipinski definition) is 1. The first-order chi connectivity index (χ1) is 15.5. The number of nitrogens with one attached hydrogen (secondary N) is 1. The Morgan fingerprint density at radius 1 is 1.19 bits per heavy atom. The summed E-state index contributed by atoms with van der Waals surface area (Å²) in [5.41, 5.74) is 3.07. The van der Waals surface area contributed by atoms with Crippen LogP contribution in [0.15, 0.2) is 42.7 Å². The third-order valence-electron chi connectivity index (χ3n) is 5.87. The van der Waals surface area contributed by atoms with Gasteiger partial charge < -0.3 is 15.0 Å². The number of para-hydroxylation sites is 1. The first-order valence-corrected chi connectivity index (χ1v) is 11.1. The zero-order valence-electron chi connectivity index (χ0n) is 18.9. The Morgan fingerprint density at radius 3 is 2.78 bits per heavy atom. The van der Waals surface area contributed by atoms with Crippen molar-refractivity contribution >= 4 is 11.7 Å². The van der Waals surface area contributed by atoms with E-state index >= 15 is 0 Å². The molecule has 3 aromatic rings. The monoisotopic (exact) mass is 434 g/mol. The Bertz CT molecular complexity index is 1080. The molecule has 3 heterocycles. The fourth-order valence-corrected chi connectivity index (χ4v) is 4.26. The van der Waals surface area contributed by atoms with Crippen LogP contribution in [0.4, 0.5) is 5.82 Å². The van der Waals surface area contributed by atoms with Gasteiger partial charge in [0.1, 0.15) is 17.9 Å². The van der Waals surface area contributed by atoms with Crippen LogP contribution in [0, 0.1) is 19.8 Å². The number of aromatic nitrogens is 4. The second kappa shape index (κ2) is 9.80. The van der Waals surface area contributed by atoms with Gasteiger partial charge in [-0.25, -0.2) is 14.6 Å². The van der Waals surface area contributed by atoms with E-state index in [2.05, 4.69) is 25.3 Å². The molecule has 2 aromatic heterocycles. The molecule has 1 fully saturated rings. The van der Waals surface area contributed by atoms with Gasteiger partial charge in [0.15, 0.2) is 5.82 Å². The molecule has 8 nitrogen and oxygen atoms in total. The highest BCUT2D eigenvalue weighted by Gasteiger charge is 2.26. The molecular formula is C24H30N6O2. The van der Waals surface area contributed by atoms with Crippen LogP contribution in [0.25, 0.3) is 5.82 Å². The van der Waals surface area contributed by atoms with Gasteiger partial charge in [0.25, 0.3) is 0 Å². The van der Waals surface area contributed by atoms with Gasteiger partial charge in [0, 0.05) is 31.4 Å². The Morgan fingerprint density at radius 2 is 2.00 bits per heavy atom. The number of carbonyl (C=O) groups is 1. The molecule has 1 saturated heterocycles. The van der Waals surface area contributed by atoms with Crippen molar-refractivity contribution in [3.8, 4) is 11.6 Å². The lowest BCUT2D eigenvalue weighted by Gasteiger charge is -2.33. The molecular weight excluding hydrogens is 404 g/mol. The number of nitrogens with zero attached hydrogens (tertiary/aromatic N) is 5. The zero-order chi connectivity index (χ0) is 22.5. The molecule has 1 amide bonds. The smallest absolute Gasteiger partial charge is 0.224 e. The number of hydrogen-bond acceptors (Lipinski definition) is 6. The third-order valence-corrected chi connectivity index (χ3v) is 5.87. The number of methoxy groups -OCH3 is 1. The van der Waals surface area contributed by atoms with Crippen molar-refractivity contribution in [2.45, 2.75) is 33.1 Å². The highest BCUT2D eigenvalue weighted by molar-refractivity contribution is 5.79. The van der Waals surface area contributed by atoms with E-state index in [1.165, 1.54) is 0 Å². The van der Waals surface area contributed by atoms with Crippen molar-refractivity contribution in [2.75, 3.05) is 31.6 Å². The number of anilines is 1. The topological polar surface area (TPSA) is 85.2 Å². The summed E-state index contributed by atoms with van der Waals surface area (Å²) in [6.45, 7) is 6.08. The molecule has 0 saturated carbocycles. The second-order valence-corrected chi connectivity index (χ2v) is 8.21. The lowest BCUT2D eigenvalue weighted by atomic mass is 9.97. The third kappa shape index (κ3) is 4.90. The Hall–Kier alpha value is -3.42. The van der Waals surface area contributed by atoms with E-state index in [4.69, 9.17) is 4.74 Å². The normalized spacial score (nSPS) is 16.1. The molecule has 1 unspecified atom stereocenters. The van der Waals surface area contributed by atoms with Gasteiger partial charge in [0.05, 0.1) is 18.7 Å². The summed E-state index contributed by atoms with van der Waals surface area (Å²) in [6, 6.07) is 11.9. The van der Waals surface area contributed by atoms with E-state index in [0.717, 1.165) is 60.1 Å². The van der Waals surface area contributed by atoms with Gasteiger partial charge in [-0.05, 0) is 50.8 Å². The van der Waals surface area contributed by atoms with Crippen LogP contribution in [-0.4, -0.2) is 52.4 Å². The largest absolute Gasteiger partial charge is 0.496 e. The highest BCUT2D eigenvalue weighted by Crippen LogP contribution is 2.23. The van der Waals surface area contributed by atoms with Gasteiger partial charge in [-0.1, -0.05) is 18.2 Å². The van der Waals surface area contributed by atoms with E-state index in [-0.39, 0.29) is 11.8 Å². The van der Waals surface area contributed by atoms with E-state index in [9.17, 15) is 4.79 Å². The summed E-state index contributed by atoms with van der Waals surface area (Å²) >= 11 is 0. The van der Waals surface area contributed by atoms with Crippen molar-refractivity contribution < 1.29 is 9.53 Å². The van der Waals surface area contributed by atoms with Crippen molar-refractivity contribution in [3.63, 3.8) is 0 Å². The molecule has 0 bridgehead atoms. The van der Waals surface area contributed by atoms with E-state index in [0.29, 0.717) is 13.1 Å². The zero-order valence-corrected chi connectivity index (χ0v) is 18.9. The number of piperidine rings is 1. The van der Waals surface area contributed by atoms with Crippen molar-refractivity contribution in [3.05, 3.63) is 59.7 Å². The fraction of sp³-hybridized carbons (Fsp3) is 0.417. The molecule has 1 aliphatic heterocycles. The minimum absolute atomic E-state index is 0.0616. The average molecular weight is 435 g/mol. The summed E-state index contributed by atoms with van der Waals surface area (Å²) < 4.78 is 7.22. The maximum Gasteiger partial charge on any atom is 0.224 e. The number of ether oxygens (including phenoxy) is 1. The Kier molecular flexibility index (Phi) is 6.68. The van der Waals surface area contributed by atoms with E-state index < -0.39 is 0 Å². The van der Waals surface area contributed by atoms with Gasteiger partial charge in [-0.2, -0.15) is 5.10 Å². The molecule has 8 heteroatoms. The van der Waals surface area contributed by atoms with Crippen LogP contribution in [0.2, 0.25) is 0 Å². The van der Waals surface area contributed by atoms with Crippen molar-refractivity contribution in [1.82, 2.24) is 25.1 Å². The molecule has 0 spiro atoms. The average Bonchev–Trinajstić information content (AvgIpc) is 3.17. The Balaban J connectivity index is 1.37. The predicted molar refractivity (Wildman–Crippen MR) is 123 cm³/mol. The van der Waals surface area contributed by atoms with Gasteiger partial charge >= 0.3 is 0 Å². The molecule has 1 aromatic carbocycles. The molecule has 32 heavy (non-hydrogen) atoms. The number of amides is 1. The van der Waals surface area contributed by atoms with Gasteiger partial charge in [-0.3, -0.25) is 4.79 Å². The van der Waals surface area contributed by atoms with Crippen LogP contribution in [0.1, 0.15) is 29.8 Å². The SMILES string of the molecule is COc1ccccc1CCNC(=O)C1CCCN(c2cc(-n3nc(C)cc3C)ncn2)C1. The molecule has 168 valence electrons. The van der Waals surface area contributed by atoms with Crippen LogP contribution < -0.4 is 15.0 Å². The molecule has 0 radical (unpaired) electrons. The van der Waals surface area contributed by atoms with Gasteiger partial charge in [0.2, 0.25) is 5.91 Å². The number of benzene rings is 1. The minimum Gasteiger partial charge on any atom is -0.496 e. The van der Waals surface area contributed by atoms with Crippen molar-refractivity contribution in [1.29, 1.82) is 0 Å². The first kappa shape index (κ1) is 21.8. The molecule has 1 atom stereocenters. The number of carbonyl (C=O) groups excluding carboxylic acids is 1. The van der Waals surface area contributed by atoms with Crippen LogP contribution in [-0.2, 0) is 11.2 Å². The quantitative estimate of drug-likeness (QED) is 0.616. The minimum atomic E-state index is -0.0616. The lowest BCUT2D eigenvalue weighted by Crippen LogP contribution is -2.43. The molecule has 1 N–H and O–H groups in total. The summed E-state index contributed by atoms with van der Waals surface area (Å²) in [6.07, 6.45) is 4.14. The van der Waals surface area contributed by atoms with Crippen molar-refractivity contribution in [2.24, 2.45) is 5.92 Å².